The van der Waals surface area contributed by atoms with Crippen LogP contribution in [0.1, 0.15) is 49.3 Å². The highest BCUT2D eigenvalue weighted by molar-refractivity contribution is 5.73. The highest BCUT2D eigenvalue weighted by Crippen LogP contribution is 2.26. The minimum absolute atomic E-state index is 0.245. The van der Waals surface area contributed by atoms with Crippen LogP contribution >= 0.6 is 0 Å². The van der Waals surface area contributed by atoms with Gasteiger partial charge in [-0.3, -0.25) is 4.79 Å². The molecule has 0 atom stereocenters. The van der Waals surface area contributed by atoms with E-state index in [1.54, 1.807) is 18.1 Å². The van der Waals surface area contributed by atoms with Crippen LogP contribution in [0.25, 0.3) is 5.57 Å². The Morgan fingerprint density at radius 1 is 1.17 bits per heavy atom. The summed E-state index contributed by atoms with van der Waals surface area (Å²) in [7, 11) is 0. The van der Waals surface area contributed by atoms with Gasteiger partial charge >= 0.3 is 0 Å². The fourth-order valence-corrected chi connectivity index (χ4v) is 2.82. The molecule has 1 heterocycles. The average Bonchev–Trinajstić information content (AvgIpc) is 2.64. The van der Waals surface area contributed by atoms with E-state index in [1.165, 1.54) is 43.2 Å². The van der Waals surface area contributed by atoms with Gasteiger partial charge in [0.2, 0.25) is 5.91 Å². The molecule has 2 aliphatic rings. The summed E-state index contributed by atoms with van der Waals surface area (Å²) in [6, 6.07) is 7.11. The number of rotatable bonds is 2. The minimum Gasteiger partial charge on any atom is -0.370 e. The summed E-state index contributed by atoms with van der Waals surface area (Å²) in [6.07, 6.45) is 9.29. The molecule has 3 rings (SSSR count). The van der Waals surface area contributed by atoms with Crippen LogP contribution in [-0.4, -0.2) is 25.8 Å². The van der Waals surface area contributed by atoms with E-state index in [4.69, 9.17) is 4.79 Å². The van der Waals surface area contributed by atoms with Gasteiger partial charge in [-0.25, -0.2) is 0 Å². The number of aryl methyl sites for hydroxylation is 2. The van der Waals surface area contributed by atoms with Crippen molar-refractivity contribution in [2.24, 2.45) is 5.73 Å². The number of nitrogens with one attached hydrogen (secondary N) is 1. The minimum atomic E-state index is -0.245. The number of benzene rings is 1. The summed E-state index contributed by atoms with van der Waals surface area (Å²) in [5, 5.41) is 3.37. The third-order valence-corrected chi connectivity index (χ3v) is 4.13. The molecule has 0 radical (unpaired) electrons. The van der Waals surface area contributed by atoms with E-state index >= 15 is 0 Å². The van der Waals surface area contributed by atoms with Crippen LogP contribution in [0.4, 0.5) is 0 Å². The van der Waals surface area contributed by atoms with Crippen molar-refractivity contribution in [1.29, 1.82) is 0 Å². The molecular weight excluding hydrogens is 288 g/mol. The second-order valence-electron chi connectivity index (χ2n) is 5.69. The molecular formula is C19H28N2O2. The number of primary amides is 1. The standard InChI is InChI=1S/C15H19N.C3H7NO.CH2O/c1-2-4-14-11-15(6-5-12(14)3-1)13-7-9-16-10-8-13;1-2-3(4)5;1-2/h5-7,11,16H,1-4,8-10H2;2H2,1H3,(H2,4,5);1H2. The van der Waals surface area contributed by atoms with Crippen LogP contribution < -0.4 is 11.1 Å². The molecule has 0 aromatic heterocycles. The zero-order valence-corrected chi connectivity index (χ0v) is 14.1. The van der Waals surface area contributed by atoms with Gasteiger partial charge in [0.15, 0.2) is 0 Å². The van der Waals surface area contributed by atoms with Gasteiger partial charge in [-0.15, -0.1) is 0 Å². The topological polar surface area (TPSA) is 72.2 Å². The Labute approximate surface area is 139 Å². The average molecular weight is 316 g/mol. The van der Waals surface area contributed by atoms with Gasteiger partial charge in [-0.1, -0.05) is 31.2 Å². The second-order valence-corrected chi connectivity index (χ2v) is 5.69. The molecule has 0 unspecified atom stereocenters. The summed E-state index contributed by atoms with van der Waals surface area (Å²) in [5.41, 5.74) is 10.8. The number of nitrogens with two attached hydrogens (primary N) is 1. The summed E-state index contributed by atoms with van der Waals surface area (Å²) < 4.78 is 0. The van der Waals surface area contributed by atoms with Crippen LogP contribution in [0.15, 0.2) is 24.3 Å². The highest BCUT2D eigenvalue weighted by Gasteiger charge is 2.11. The van der Waals surface area contributed by atoms with E-state index in [0.717, 1.165) is 13.1 Å². The van der Waals surface area contributed by atoms with E-state index in [9.17, 15) is 4.79 Å². The van der Waals surface area contributed by atoms with Gasteiger partial charge in [0.1, 0.15) is 6.79 Å². The molecule has 1 aliphatic carbocycles. The van der Waals surface area contributed by atoms with Crippen molar-refractivity contribution in [2.45, 2.75) is 45.4 Å². The molecule has 4 nitrogen and oxygen atoms in total. The second kappa shape index (κ2) is 10.7. The predicted molar refractivity (Wildman–Crippen MR) is 95.2 cm³/mol. The lowest BCUT2D eigenvalue weighted by Crippen LogP contribution is -2.20. The van der Waals surface area contributed by atoms with Gasteiger partial charge in [0.05, 0.1) is 0 Å². The monoisotopic (exact) mass is 316 g/mol. The van der Waals surface area contributed by atoms with Crippen LogP contribution in [0.3, 0.4) is 0 Å². The molecule has 0 fully saturated rings. The Balaban J connectivity index is 0.000000327. The molecule has 0 spiro atoms. The van der Waals surface area contributed by atoms with Gasteiger partial charge in [0, 0.05) is 13.0 Å². The van der Waals surface area contributed by atoms with E-state index < -0.39 is 0 Å². The molecule has 1 aromatic carbocycles. The Kier molecular flexibility index (Phi) is 8.91. The lowest BCUT2D eigenvalue weighted by molar-refractivity contribution is -0.117. The van der Waals surface area contributed by atoms with Crippen molar-refractivity contribution in [2.75, 3.05) is 13.1 Å². The summed E-state index contributed by atoms with van der Waals surface area (Å²) >= 11 is 0. The number of amides is 1. The molecule has 0 saturated heterocycles. The third-order valence-electron chi connectivity index (χ3n) is 4.13. The summed E-state index contributed by atoms with van der Waals surface area (Å²) in [6.45, 7) is 5.89. The fraction of sp³-hybridized carbons (Fsp3) is 0.474. The first kappa shape index (κ1) is 19.1. The molecule has 1 amide bonds. The normalized spacial score (nSPS) is 15.8. The van der Waals surface area contributed by atoms with E-state index in [0.29, 0.717) is 6.42 Å². The quantitative estimate of drug-likeness (QED) is 0.881. The highest BCUT2D eigenvalue weighted by atomic mass is 16.1. The Hall–Kier alpha value is -1.94. The number of hydrogen-bond donors (Lipinski definition) is 2. The van der Waals surface area contributed by atoms with E-state index in [2.05, 4.69) is 35.3 Å². The Morgan fingerprint density at radius 3 is 2.39 bits per heavy atom. The van der Waals surface area contributed by atoms with Crippen molar-refractivity contribution >= 4 is 18.3 Å². The first-order chi connectivity index (χ1) is 11.2. The number of carbonyl (C=O) groups excluding carboxylic acids is 2. The van der Waals surface area contributed by atoms with Gasteiger partial charge in [0.25, 0.3) is 0 Å². The van der Waals surface area contributed by atoms with Crippen molar-refractivity contribution in [3.63, 3.8) is 0 Å². The maximum absolute atomic E-state index is 9.59. The molecule has 4 heteroatoms. The van der Waals surface area contributed by atoms with Crippen molar-refractivity contribution in [3.8, 4) is 0 Å². The molecule has 3 N–H and O–H groups in total. The molecule has 126 valence electrons. The number of fused-ring (bicyclic) bond motifs is 1. The van der Waals surface area contributed by atoms with E-state index in [-0.39, 0.29) is 5.91 Å². The molecule has 0 bridgehead atoms. The Morgan fingerprint density at radius 2 is 1.83 bits per heavy atom. The first-order valence-electron chi connectivity index (χ1n) is 8.29. The van der Waals surface area contributed by atoms with Crippen LogP contribution in [-0.2, 0) is 22.4 Å². The first-order valence-corrected chi connectivity index (χ1v) is 8.29. The zero-order chi connectivity index (χ0) is 17.1. The lowest BCUT2D eigenvalue weighted by atomic mass is 9.88. The smallest absolute Gasteiger partial charge is 0.217 e. The fourth-order valence-electron chi connectivity index (χ4n) is 2.82. The van der Waals surface area contributed by atoms with Gasteiger partial charge in [-0.2, -0.15) is 0 Å². The Bertz CT molecular complexity index is 538. The maximum atomic E-state index is 9.59. The SMILES string of the molecule is C1=C(c2ccc3c(c2)CCCC3)CCNC1.C=O.CCC(N)=O. The van der Waals surface area contributed by atoms with Crippen LogP contribution in [0.5, 0.6) is 0 Å². The molecule has 1 aromatic rings. The molecule has 23 heavy (non-hydrogen) atoms. The van der Waals surface area contributed by atoms with Crippen LogP contribution in [0.2, 0.25) is 0 Å². The number of carbonyl (C=O) groups is 2. The lowest BCUT2D eigenvalue weighted by Gasteiger charge is -2.19. The number of hydrogen-bond acceptors (Lipinski definition) is 3. The van der Waals surface area contributed by atoms with E-state index in [1.807, 2.05) is 6.79 Å². The van der Waals surface area contributed by atoms with Crippen molar-refractivity contribution in [3.05, 3.63) is 41.0 Å². The maximum Gasteiger partial charge on any atom is 0.217 e. The summed E-state index contributed by atoms with van der Waals surface area (Å²) in [5.74, 6) is -0.245. The largest absolute Gasteiger partial charge is 0.370 e. The third kappa shape index (κ3) is 6.37. The molecule has 1 aliphatic heterocycles. The van der Waals surface area contributed by atoms with Crippen LogP contribution in [0, 0.1) is 0 Å². The summed E-state index contributed by atoms with van der Waals surface area (Å²) in [4.78, 5) is 17.6. The predicted octanol–water partition coefficient (Wildman–Crippen LogP) is 2.64. The zero-order valence-electron chi connectivity index (χ0n) is 14.1. The van der Waals surface area contributed by atoms with Gasteiger partial charge in [-0.05, 0) is 60.9 Å². The van der Waals surface area contributed by atoms with Crippen molar-refractivity contribution in [1.82, 2.24) is 5.32 Å². The van der Waals surface area contributed by atoms with Gasteiger partial charge < -0.3 is 15.8 Å². The van der Waals surface area contributed by atoms with Crippen molar-refractivity contribution < 1.29 is 9.59 Å². The molecule has 0 saturated carbocycles.